The van der Waals surface area contributed by atoms with Gasteiger partial charge in [0.2, 0.25) is 5.91 Å². The van der Waals surface area contributed by atoms with Crippen LogP contribution in [0.1, 0.15) is 66.3 Å². The summed E-state index contributed by atoms with van der Waals surface area (Å²) < 4.78 is 6.31. The number of carboxylic acids is 1. The number of ether oxygens (including phenoxy) is 1. The van der Waals surface area contributed by atoms with Crippen molar-refractivity contribution in [1.82, 2.24) is 15.1 Å². The van der Waals surface area contributed by atoms with Crippen molar-refractivity contribution in [3.63, 3.8) is 0 Å². The van der Waals surface area contributed by atoms with Crippen LogP contribution in [0.15, 0.2) is 65.7 Å². The van der Waals surface area contributed by atoms with Gasteiger partial charge in [-0.05, 0) is 56.2 Å². The number of carbonyl (C=O) groups excluding carboxylic acids is 3. The average molecular weight is 686 g/mol. The lowest BCUT2D eigenvalue weighted by Gasteiger charge is -2.36. The molecule has 2 aliphatic rings. The number of rotatable bonds is 7. The van der Waals surface area contributed by atoms with E-state index < -0.39 is 41.9 Å². The van der Waals surface area contributed by atoms with Gasteiger partial charge in [-0.1, -0.05) is 71.2 Å². The van der Waals surface area contributed by atoms with Gasteiger partial charge in [-0.2, -0.15) is 0 Å². The minimum atomic E-state index is -1.26. The fraction of sp³-hybridized carbons (Fsp3) is 0.303. The Hall–Kier alpha value is -4.12. The molecule has 0 saturated carbocycles. The second-order valence-corrected chi connectivity index (χ2v) is 13.1. The standard InChI is InChI=1S/C33H31Cl3N4O6/c1-33(2,3)46-25-15-19(24(41)16-27(43)44)9-10-21(25)31-38-29(18-7-5-4-6-8-18)30(20-13-22(34)28(36)23(35)14-20)40(31)32(45)39-12-11-37-26(42)17-39/h4-10,13-15,29-30H,11-12,16-17H2,1-3H3,(H,37,42)(H,43,44). The molecule has 2 unspecified atom stereocenters. The molecule has 3 aromatic carbocycles. The van der Waals surface area contributed by atoms with E-state index in [1.54, 1.807) is 18.2 Å². The lowest BCUT2D eigenvalue weighted by Crippen LogP contribution is -2.55. The number of amides is 3. The lowest BCUT2D eigenvalue weighted by molar-refractivity contribution is -0.136. The molecular formula is C33H31Cl3N4O6. The van der Waals surface area contributed by atoms with Crippen molar-refractivity contribution < 1.29 is 29.0 Å². The first-order valence-electron chi connectivity index (χ1n) is 14.4. The van der Waals surface area contributed by atoms with Gasteiger partial charge in [-0.15, -0.1) is 0 Å². The normalized spacial score (nSPS) is 18.2. The average Bonchev–Trinajstić information content (AvgIpc) is 3.39. The summed E-state index contributed by atoms with van der Waals surface area (Å²) in [6.07, 6.45) is -0.701. The van der Waals surface area contributed by atoms with Gasteiger partial charge in [0.1, 0.15) is 36.2 Å². The molecule has 2 N–H and O–H groups in total. The number of Topliss-reactive ketones (excluding diaryl/α,β-unsaturated/α-hetero) is 1. The number of nitrogens with one attached hydrogen (secondary N) is 1. The number of hydrogen-bond acceptors (Lipinski definition) is 6. The molecule has 1 saturated heterocycles. The highest BCUT2D eigenvalue weighted by Crippen LogP contribution is 2.47. The molecule has 2 atom stereocenters. The summed E-state index contributed by atoms with van der Waals surface area (Å²) in [6, 6.07) is 15.2. The number of hydrogen-bond donors (Lipinski definition) is 2. The quantitative estimate of drug-likeness (QED) is 0.164. The summed E-state index contributed by atoms with van der Waals surface area (Å²) in [5.41, 5.74) is 1.09. The molecule has 3 aromatic rings. The van der Waals surface area contributed by atoms with Crippen molar-refractivity contribution in [3.05, 3.63) is 98.0 Å². The molecule has 2 heterocycles. The summed E-state index contributed by atoms with van der Waals surface area (Å²) in [4.78, 5) is 59.1. The maximum Gasteiger partial charge on any atom is 0.326 e. The number of carboxylic acid groups (broad SMARTS) is 1. The number of nitrogens with zero attached hydrogens (tertiary/aromatic N) is 3. The highest BCUT2D eigenvalue weighted by atomic mass is 35.5. The second-order valence-electron chi connectivity index (χ2n) is 11.9. The number of halogens is 3. The van der Waals surface area contributed by atoms with E-state index in [1.165, 1.54) is 21.9 Å². The van der Waals surface area contributed by atoms with Crippen LogP contribution in [0.4, 0.5) is 4.79 Å². The third kappa shape index (κ3) is 7.14. The largest absolute Gasteiger partial charge is 0.487 e. The Balaban J connectivity index is 1.75. The van der Waals surface area contributed by atoms with Crippen LogP contribution in [-0.4, -0.2) is 69.7 Å². The number of aliphatic carboxylic acids is 1. The summed E-state index contributed by atoms with van der Waals surface area (Å²) >= 11 is 19.3. The zero-order valence-electron chi connectivity index (χ0n) is 25.2. The molecule has 1 fully saturated rings. The maximum absolute atomic E-state index is 14.6. The summed E-state index contributed by atoms with van der Waals surface area (Å²) in [7, 11) is 0. The van der Waals surface area contributed by atoms with Gasteiger partial charge in [0.05, 0.1) is 26.7 Å². The topological polar surface area (TPSA) is 129 Å². The maximum atomic E-state index is 14.6. The Morgan fingerprint density at radius 2 is 1.67 bits per heavy atom. The fourth-order valence-electron chi connectivity index (χ4n) is 5.42. The third-order valence-corrected chi connectivity index (χ3v) is 8.54. The van der Waals surface area contributed by atoms with Gasteiger partial charge >= 0.3 is 12.0 Å². The molecule has 5 rings (SSSR count). The van der Waals surface area contributed by atoms with Gasteiger partial charge in [-0.3, -0.25) is 24.3 Å². The first kappa shape index (κ1) is 33.2. The van der Waals surface area contributed by atoms with Crippen molar-refractivity contribution in [2.45, 2.75) is 44.9 Å². The van der Waals surface area contributed by atoms with Crippen molar-refractivity contribution in [3.8, 4) is 5.75 Å². The monoisotopic (exact) mass is 684 g/mol. The van der Waals surface area contributed by atoms with E-state index in [-0.39, 0.29) is 57.8 Å². The van der Waals surface area contributed by atoms with E-state index in [9.17, 15) is 24.3 Å². The van der Waals surface area contributed by atoms with Crippen molar-refractivity contribution in [1.29, 1.82) is 0 Å². The number of ketones is 1. The van der Waals surface area contributed by atoms with Gasteiger partial charge in [0, 0.05) is 18.7 Å². The number of urea groups is 1. The number of piperazine rings is 1. The van der Waals surface area contributed by atoms with E-state index >= 15 is 0 Å². The molecule has 0 aliphatic carbocycles. The number of amidine groups is 1. The minimum Gasteiger partial charge on any atom is -0.487 e. The van der Waals surface area contributed by atoms with Gasteiger partial charge < -0.3 is 20.1 Å². The molecule has 0 radical (unpaired) electrons. The van der Waals surface area contributed by atoms with Crippen LogP contribution in [-0.2, 0) is 9.59 Å². The molecule has 10 nitrogen and oxygen atoms in total. The van der Waals surface area contributed by atoms with Crippen LogP contribution in [0.25, 0.3) is 0 Å². The van der Waals surface area contributed by atoms with Crippen LogP contribution in [0.3, 0.4) is 0 Å². The number of carbonyl (C=O) groups is 4. The molecule has 13 heteroatoms. The molecule has 0 spiro atoms. The predicted molar refractivity (Wildman–Crippen MR) is 175 cm³/mol. The van der Waals surface area contributed by atoms with Crippen LogP contribution < -0.4 is 10.1 Å². The molecule has 2 aliphatic heterocycles. The molecular weight excluding hydrogens is 655 g/mol. The SMILES string of the molecule is CC(C)(C)Oc1cc(C(=O)CC(=O)O)ccc1C1=NC(c2ccccc2)C(c2cc(Cl)c(Cl)c(Cl)c2)N1C(=O)N1CCNC(=O)C1. The van der Waals surface area contributed by atoms with Gasteiger partial charge in [-0.25, -0.2) is 4.79 Å². The van der Waals surface area contributed by atoms with E-state index in [0.717, 1.165) is 5.56 Å². The predicted octanol–water partition coefficient (Wildman–Crippen LogP) is 6.58. The minimum absolute atomic E-state index is 0.127. The number of benzene rings is 3. The summed E-state index contributed by atoms with van der Waals surface area (Å²) in [6.45, 7) is 5.83. The van der Waals surface area contributed by atoms with Crippen molar-refractivity contribution in [2.24, 2.45) is 4.99 Å². The Labute approximate surface area is 280 Å². The van der Waals surface area contributed by atoms with Crippen LogP contribution in [0.2, 0.25) is 15.1 Å². The number of aliphatic imine (C=N–C) groups is 1. The second kappa shape index (κ2) is 13.3. The Morgan fingerprint density at radius 1 is 1.00 bits per heavy atom. The Bertz CT molecular complexity index is 1720. The fourth-order valence-corrected chi connectivity index (χ4v) is 6.03. The van der Waals surface area contributed by atoms with Crippen LogP contribution in [0.5, 0.6) is 5.75 Å². The Morgan fingerprint density at radius 3 is 2.28 bits per heavy atom. The smallest absolute Gasteiger partial charge is 0.326 e. The highest BCUT2D eigenvalue weighted by Gasteiger charge is 2.45. The van der Waals surface area contributed by atoms with Gasteiger partial charge in [0.15, 0.2) is 5.78 Å². The molecule has 46 heavy (non-hydrogen) atoms. The summed E-state index contributed by atoms with van der Waals surface area (Å²) in [5.74, 6) is -1.73. The lowest BCUT2D eigenvalue weighted by atomic mass is 9.93. The van der Waals surface area contributed by atoms with Crippen molar-refractivity contribution >= 4 is 64.3 Å². The van der Waals surface area contributed by atoms with Crippen molar-refractivity contribution in [2.75, 3.05) is 19.6 Å². The zero-order valence-corrected chi connectivity index (χ0v) is 27.5. The van der Waals surface area contributed by atoms with E-state index in [0.29, 0.717) is 11.1 Å². The Kier molecular flexibility index (Phi) is 9.62. The van der Waals surface area contributed by atoms with Crippen LogP contribution >= 0.6 is 34.8 Å². The van der Waals surface area contributed by atoms with E-state index in [1.807, 2.05) is 51.1 Å². The molecule has 0 bridgehead atoms. The summed E-state index contributed by atoms with van der Waals surface area (Å²) in [5, 5.41) is 12.5. The van der Waals surface area contributed by atoms with E-state index in [2.05, 4.69) is 5.32 Å². The first-order valence-corrected chi connectivity index (χ1v) is 15.6. The van der Waals surface area contributed by atoms with Crippen LogP contribution in [0, 0.1) is 0 Å². The highest BCUT2D eigenvalue weighted by molar-refractivity contribution is 6.48. The molecule has 240 valence electrons. The van der Waals surface area contributed by atoms with Gasteiger partial charge in [0.25, 0.3) is 0 Å². The molecule has 0 aromatic heterocycles. The first-order chi connectivity index (χ1) is 21.7. The molecule has 3 amide bonds. The third-order valence-electron chi connectivity index (χ3n) is 7.34. The van der Waals surface area contributed by atoms with E-state index in [4.69, 9.17) is 44.5 Å². The zero-order chi connectivity index (χ0) is 33.3.